The number of benzene rings is 1. The van der Waals surface area contributed by atoms with Gasteiger partial charge in [0, 0.05) is 54.5 Å². The summed E-state index contributed by atoms with van der Waals surface area (Å²) in [7, 11) is 3.00. The van der Waals surface area contributed by atoms with Crippen LogP contribution in [0.15, 0.2) is 36.5 Å². The molecule has 1 atom stereocenters. The van der Waals surface area contributed by atoms with Gasteiger partial charge in [-0.15, -0.1) is 15.3 Å². The van der Waals surface area contributed by atoms with Crippen LogP contribution >= 0.6 is 0 Å². The lowest BCUT2D eigenvalue weighted by atomic mass is 10.0. The van der Waals surface area contributed by atoms with Crippen LogP contribution in [0.4, 0.5) is 10.2 Å². The van der Waals surface area contributed by atoms with E-state index < -0.39 is 5.82 Å². The standard InChI is InChI=1S/C25H31FN6O3/c1-25(2,3)28-17-8-9-32(14-17)23-7-6-21(29-30-23)19-11-20(26)18(12-22(19)35-15-33-4)16-10-24(34-5)31-27-13-16/h6-7,10-13,17,28H,8-9,14-15H2,1-5H3/t17-/m0/s1. The molecule has 0 aliphatic carbocycles. The molecule has 0 unspecified atom stereocenters. The molecule has 3 aromatic rings. The lowest BCUT2D eigenvalue weighted by Gasteiger charge is -2.26. The fraction of sp³-hybridized carbons (Fsp3) is 0.440. The van der Waals surface area contributed by atoms with Gasteiger partial charge in [0.2, 0.25) is 5.88 Å². The molecule has 10 heteroatoms. The minimum Gasteiger partial charge on any atom is -0.480 e. The molecule has 1 N–H and O–H groups in total. The predicted molar refractivity (Wildman–Crippen MR) is 131 cm³/mol. The Morgan fingerprint density at radius 1 is 1.09 bits per heavy atom. The van der Waals surface area contributed by atoms with Gasteiger partial charge in [-0.1, -0.05) is 0 Å². The SMILES string of the molecule is COCOc1cc(-c2cnnc(OC)c2)c(F)cc1-c1ccc(N2CC[C@H](NC(C)(C)C)C2)nn1. The van der Waals surface area contributed by atoms with Crippen molar-refractivity contribution >= 4 is 5.82 Å². The molecule has 3 heterocycles. The first-order valence-corrected chi connectivity index (χ1v) is 11.5. The molecule has 186 valence electrons. The highest BCUT2D eigenvalue weighted by atomic mass is 19.1. The molecule has 1 aromatic carbocycles. The number of ether oxygens (including phenoxy) is 3. The first-order chi connectivity index (χ1) is 16.8. The number of hydrogen-bond donors (Lipinski definition) is 1. The van der Waals surface area contributed by atoms with Crippen molar-refractivity contribution in [3.8, 4) is 34.0 Å². The zero-order chi connectivity index (χ0) is 25.0. The van der Waals surface area contributed by atoms with Gasteiger partial charge in [-0.2, -0.15) is 5.10 Å². The molecular formula is C25H31FN6O3. The van der Waals surface area contributed by atoms with Crippen LogP contribution < -0.4 is 19.7 Å². The van der Waals surface area contributed by atoms with Gasteiger partial charge in [0.1, 0.15) is 11.6 Å². The van der Waals surface area contributed by atoms with Crippen molar-refractivity contribution < 1.29 is 18.6 Å². The number of nitrogens with one attached hydrogen (secondary N) is 1. The zero-order valence-electron chi connectivity index (χ0n) is 20.7. The highest BCUT2D eigenvalue weighted by molar-refractivity contribution is 5.75. The van der Waals surface area contributed by atoms with E-state index in [9.17, 15) is 0 Å². The third kappa shape index (κ3) is 6.01. The largest absolute Gasteiger partial charge is 0.480 e. The highest BCUT2D eigenvalue weighted by Crippen LogP contribution is 2.36. The average Bonchev–Trinajstić information content (AvgIpc) is 3.30. The topological polar surface area (TPSA) is 94.5 Å². The second-order valence-electron chi connectivity index (χ2n) is 9.47. The third-order valence-electron chi connectivity index (χ3n) is 5.63. The Labute approximate surface area is 204 Å². The Morgan fingerprint density at radius 2 is 1.91 bits per heavy atom. The van der Waals surface area contributed by atoms with Crippen LogP contribution in [-0.4, -0.2) is 66.1 Å². The molecule has 0 bridgehead atoms. The van der Waals surface area contributed by atoms with Gasteiger partial charge in [0.15, 0.2) is 12.6 Å². The normalized spacial score (nSPS) is 15.9. The van der Waals surface area contributed by atoms with Gasteiger partial charge in [-0.05, 0) is 51.5 Å². The fourth-order valence-corrected chi connectivity index (χ4v) is 4.15. The van der Waals surface area contributed by atoms with Crippen LogP contribution in [0.5, 0.6) is 11.6 Å². The summed E-state index contributed by atoms with van der Waals surface area (Å²) in [6.07, 6.45) is 2.50. The summed E-state index contributed by atoms with van der Waals surface area (Å²) in [6, 6.07) is 8.73. The number of hydrogen-bond acceptors (Lipinski definition) is 9. The summed E-state index contributed by atoms with van der Waals surface area (Å²) in [5, 5.41) is 20.2. The summed E-state index contributed by atoms with van der Waals surface area (Å²) in [5.41, 5.74) is 1.84. The van der Waals surface area contributed by atoms with Gasteiger partial charge < -0.3 is 24.4 Å². The van der Waals surface area contributed by atoms with Crippen molar-refractivity contribution in [1.29, 1.82) is 0 Å². The number of nitrogens with zero attached hydrogens (tertiary/aromatic N) is 5. The Hall–Kier alpha value is -3.37. The van der Waals surface area contributed by atoms with E-state index in [0.717, 1.165) is 25.3 Å². The van der Waals surface area contributed by atoms with Crippen LogP contribution in [0, 0.1) is 5.82 Å². The number of rotatable bonds is 8. The molecule has 0 amide bonds. The average molecular weight is 483 g/mol. The number of aromatic nitrogens is 4. The molecule has 0 radical (unpaired) electrons. The summed E-state index contributed by atoms with van der Waals surface area (Å²) in [6.45, 7) is 8.26. The minimum atomic E-state index is -0.457. The fourth-order valence-electron chi connectivity index (χ4n) is 4.15. The molecule has 9 nitrogen and oxygen atoms in total. The summed E-state index contributed by atoms with van der Waals surface area (Å²) in [4.78, 5) is 2.20. The van der Waals surface area contributed by atoms with Crippen molar-refractivity contribution in [2.24, 2.45) is 0 Å². The molecule has 4 rings (SSSR count). The Balaban J connectivity index is 1.60. The Kier molecular flexibility index (Phi) is 7.42. The monoisotopic (exact) mass is 482 g/mol. The van der Waals surface area contributed by atoms with E-state index >= 15 is 4.39 Å². The maximum atomic E-state index is 15.2. The van der Waals surface area contributed by atoms with E-state index in [4.69, 9.17) is 14.2 Å². The summed E-state index contributed by atoms with van der Waals surface area (Å²) >= 11 is 0. The molecule has 2 aromatic heterocycles. The van der Waals surface area contributed by atoms with Crippen molar-refractivity contribution in [1.82, 2.24) is 25.7 Å². The minimum absolute atomic E-state index is 0.00254. The highest BCUT2D eigenvalue weighted by Gasteiger charge is 2.27. The van der Waals surface area contributed by atoms with E-state index in [1.54, 1.807) is 12.1 Å². The van der Waals surface area contributed by atoms with Gasteiger partial charge in [0.05, 0.1) is 19.0 Å². The molecule has 1 saturated heterocycles. The van der Waals surface area contributed by atoms with Gasteiger partial charge in [-0.3, -0.25) is 0 Å². The van der Waals surface area contributed by atoms with Crippen LogP contribution in [0.25, 0.3) is 22.4 Å². The van der Waals surface area contributed by atoms with Gasteiger partial charge in [0.25, 0.3) is 0 Å². The second-order valence-corrected chi connectivity index (χ2v) is 9.47. The zero-order valence-corrected chi connectivity index (χ0v) is 20.7. The lowest BCUT2D eigenvalue weighted by Crippen LogP contribution is -2.45. The molecule has 1 fully saturated rings. The lowest BCUT2D eigenvalue weighted by molar-refractivity contribution is 0.0515. The van der Waals surface area contributed by atoms with E-state index in [0.29, 0.717) is 34.2 Å². The van der Waals surface area contributed by atoms with Crippen molar-refractivity contribution in [2.75, 3.05) is 39.0 Å². The Morgan fingerprint density at radius 3 is 2.60 bits per heavy atom. The second kappa shape index (κ2) is 10.5. The van der Waals surface area contributed by atoms with E-state index in [1.165, 1.54) is 26.5 Å². The first kappa shape index (κ1) is 24.7. The van der Waals surface area contributed by atoms with E-state index in [1.807, 2.05) is 12.1 Å². The number of anilines is 1. The molecule has 0 saturated carbocycles. The van der Waals surface area contributed by atoms with Gasteiger partial charge in [-0.25, -0.2) is 4.39 Å². The Bertz CT molecular complexity index is 1150. The van der Waals surface area contributed by atoms with Crippen molar-refractivity contribution in [3.05, 3.63) is 42.3 Å². The van der Waals surface area contributed by atoms with Crippen molar-refractivity contribution in [3.63, 3.8) is 0 Å². The van der Waals surface area contributed by atoms with Crippen LogP contribution in [0.3, 0.4) is 0 Å². The number of halogens is 1. The molecular weight excluding hydrogens is 451 g/mol. The maximum Gasteiger partial charge on any atom is 0.233 e. The van der Waals surface area contributed by atoms with Crippen LogP contribution in [0.1, 0.15) is 27.2 Å². The van der Waals surface area contributed by atoms with Gasteiger partial charge >= 0.3 is 0 Å². The maximum absolute atomic E-state index is 15.2. The quantitative estimate of drug-likeness (QED) is 0.482. The summed E-state index contributed by atoms with van der Waals surface area (Å²) < 4.78 is 31.2. The molecule has 35 heavy (non-hydrogen) atoms. The molecule has 1 aliphatic heterocycles. The third-order valence-corrected chi connectivity index (χ3v) is 5.63. The van der Waals surface area contributed by atoms with Crippen LogP contribution in [0.2, 0.25) is 0 Å². The molecule has 1 aliphatic rings. The van der Waals surface area contributed by atoms with Crippen LogP contribution in [-0.2, 0) is 4.74 Å². The first-order valence-electron chi connectivity index (χ1n) is 11.5. The van der Waals surface area contributed by atoms with Crippen molar-refractivity contribution in [2.45, 2.75) is 38.8 Å². The van der Waals surface area contributed by atoms with E-state index in [-0.39, 0.29) is 18.2 Å². The number of methoxy groups -OCH3 is 2. The predicted octanol–water partition coefficient (Wildman–Crippen LogP) is 3.70. The molecule has 0 spiro atoms. The summed E-state index contributed by atoms with van der Waals surface area (Å²) in [5.74, 6) is 1.03. The van der Waals surface area contributed by atoms with E-state index in [2.05, 4.69) is 51.4 Å². The smallest absolute Gasteiger partial charge is 0.233 e.